The average molecular weight is 296 g/mol. The highest BCUT2D eigenvalue weighted by Crippen LogP contribution is 2.41. The summed E-state index contributed by atoms with van der Waals surface area (Å²) in [6.45, 7) is 0. The molecule has 0 heterocycles. The number of methoxy groups -OCH3 is 2. The van der Waals surface area contributed by atoms with Crippen LogP contribution in [0, 0.1) is 5.82 Å². The maximum absolute atomic E-state index is 14.4. The molecule has 0 spiro atoms. The molecule has 1 aromatic carbocycles. The fourth-order valence-electron chi connectivity index (χ4n) is 3.33. The minimum absolute atomic E-state index is 0.321. The van der Waals surface area contributed by atoms with E-state index in [2.05, 4.69) is 5.43 Å². The molecule has 0 aliphatic heterocycles. The maximum atomic E-state index is 14.4. The zero-order valence-electron chi connectivity index (χ0n) is 12.8. The Morgan fingerprint density at radius 1 is 1.19 bits per heavy atom. The molecule has 0 amide bonds. The van der Waals surface area contributed by atoms with Gasteiger partial charge in [0.05, 0.1) is 18.8 Å². The van der Waals surface area contributed by atoms with Crippen molar-refractivity contribution in [2.24, 2.45) is 5.84 Å². The number of hydrazine groups is 1. The van der Waals surface area contributed by atoms with E-state index in [0.29, 0.717) is 11.3 Å². The van der Waals surface area contributed by atoms with Crippen molar-refractivity contribution in [1.82, 2.24) is 5.43 Å². The van der Waals surface area contributed by atoms with Crippen molar-refractivity contribution >= 4 is 0 Å². The minimum Gasteiger partial charge on any atom is -0.497 e. The molecular weight excluding hydrogens is 271 g/mol. The first-order chi connectivity index (χ1) is 10.2. The van der Waals surface area contributed by atoms with Crippen molar-refractivity contribution in [2.75, 3.05) is 14.2 Å². The Morgan fingerprint density at radius 2 is 1.86 bits per heavy atom. The van der Waals surface area contributed by atoms with E-state index in [1.165, 1.54) is 26.0 Å². The molecule has 0 saturated heterocycles. The van der Waals surface area contributed by atoms with E-state index in [4.69, 9.17) is 15.3 Å². The summed E-state index contributed by atoms with van der Waals surface area (Å²) in [6, 6.07) is 4.50. The van der Waals surface area contributed by atoms with E-state index >= 15 is 0 Å². The molecule has 1 saturated carbocycles. The smallest absolute Gasteiger partial charge is 0.131 e. The van der Waals surface area contributed by atoms with E-state index in [1.807, 2.05) is 0 Å². The van der Waals surface area contributed by atoms with Crippen LogP contribution >= 0.6 is 0 Å². The van der Waals surface area contributed by atoms with Gasteiger partial charge in [0.25, 0.3) is 0 Å². The third-order valence-electron chi connectivity index (χ3n) is 4.57. The number of rotatable bonds is 5. The lowest BCUT2D eigenvalue weighted by molar-refractivity contribution is -0.0549. The highest BCUT2D eigenvalue weighted by molar-refractivity contribution is 5.32. The molecule has 1 aliphatic rings. The summed E-state index contributed by atoms with van der Waals surface area (Å²) in [6.07, 6.45) is 6.28. The molecule has 3 N–H and O–H groups in total. The van der Waals surface area contributed by atoms with Gasteiger partial charge in [-0.15, -0.1) is 0 Å². The Hall–Kier alpha value is -1.17. The van der Waals surface area contributed by atoms with Crippen LogP contribution in [-0.2, 0) is 4.74 Å². The Bertz CT molecular complexity index is 460. The third kappa shape index (κ3) is 3.36. The van der Waals surface area contributed by atoms with Gasteiger partial charge >= 0.3 is 0 Å². The van der Waals surface area contributed by atoms with Gasteiger partial charge in [-0.25, -0.2) is 9.82 Å². The summed E-state index contributed by atoms with van der Waals surface area (Å²) in [5.74, 6) is 5.94. The zero-order valence-corrected chi connectivity index (χ0v) is 12.8. The second-order valence-electron chi connectivity index (χ2n) is 5.67. The summed E-state index contributed by atoms with van der Waals surface area (Å²) in [7, 11) is 3.21. The van der Waals surface area contributed by atoms with E-state index in [0.717, 1.165) is 25.7 Å². The summed E-state index contributed by atoms with van der Waals surface area (Å²) >= 11 is 0. The molecule has 0 bridgehead atoms. The van der Waals surface area contributed by atoms with Gasteiger partial charge in [0.2, 0.25) is 0 Å². The van der Waals surface area contributed by atoms with E-state index < -0.39 is 5.60 Å². The summed E-state index contributed by atoms with van der Waals surface area (Å²) in [5, 5.41) is 0. The molecule has 1 fully saturated rings. The fourth-order valence-corrected chi connectivity index (χ4v) is 3.33. The molecule has 0 aromatic heterocycles. The predicted molar refractivity (Wildman–Crippen MR) is 80.5 cm³/mol. The van der Waals surface area contributed by atoms with E-state index in [-0.39, 0.29) is 11.9 Å². The lowest BCUT2D eigenvalue weighted by Gasteiger charge is -2.39. The number of nitrogens with one attached hydrogen (secondary N) is 1. The summed E-state index contributed by atoms with van der Waals surface area (Å²) in [5.41, 5.74) is 2.85. The van der Waals surface area contributed by atoms with Crippen molar-refractivity contribution in [3.8, 4) is 5.75 Å². The molecule has 21 heavy (non-hydrogen) atoms. The minimum atomic E-state index is -0.458. The zero-order chi connectivity index (χ0) is 15.3. The largest absolute Gasteiger partial charge is 0.497 e. The highest BCUT2D eigenvalue weighted by atomic mass is 19.1. The SMILES string of the molecule is COc1ccc(C(NN)C2(OC)CCCCCC2)c(F)c1. The van der Waals surface area contributed by atoms with Gasteiger partial charge in [-0.2, -0.15) is 0 Å². The standard InChI is InChI=1S/C16H25FN2O2/c1-20-12-7-8-13(14(17)11-12)15(19-18)16(21-2)9-5-3-4-6-10-16/h7-8,11,15,19H,3-6,9-10,18H2,1-2H3. The van der Waals surface area contributed by atoms with Gasteiger partial charge < -0.3 is 9.47 Å². The van der Waals surface area contributed by atoms with Crippen LogP contribution in [0.25, 0.3) is 0 Å². The topological polar surface area (TPSA) is 56.5 Å². The van der Waals surface area contributed by atoms with E-state index in [9.17, 15) is 4.39 Å². The van der Waals surface area contributed by atoms with Crippen molar-refractivity contribution in [3.63, 3.8) is 0 Å². The van der Waals surface area contributed by atoms with Gasteiger partial charge in [0.1, 0.15) is 11.6 Å². The van der Waals surface area contributed by atoms with E-state index in [1.54, 1.807) is 19.2 Å². The van der Waals surface area contributed by atoms with Gasteiger partial charge in [0, 0.05) is 18.7 Å². The second kappa shape index (κ2) is 7.20. The molecule has 118 valence electrons. The second-order valence-corrected chi connectivity index (χ2v) is 5.67. The molecule has 4 nitrogen and oxygen atoms in total. The van der Waals surface area contributed by atoms with Gasteiger partial charge in [-0.3, -0.25) is 5.84 Å². The first-order valence-electron chi connectivity index (χ1n) is 7.51. The monoisotopic (exact) mass is 296 g/mol. The Balaban J connectivity index is 2.36. The summed E-state index contributed by atoms with van der Waals surface area (Å²) in [4.78, 5) is 0. The first-order valence-corrected chi connectivity index (χ1v) is 7.51. The van der Waals surface area contributed by atoms with Crippen molar-refractivity contribution < 1.29 is 13.9 Å². The van der Waals surface area contributed by atoms with Crippen molar-refractivity contribution in [2.45, 2.75) is 50.2 Å². The number of halogens is 1. The predicted octanol–water partition coefficient (Wildman–Crippen LogP) is 3.08. The molecule has 5 heteroatoms. The number of ether oxygens (including phenoxy) is 2. The summed E-state index contributed by atoms with van der Waals surface area (Å²) < 4.78 is 25.3. The molecule has 0 radical (unpaired) electrons. The Morgan fingerprint density at radius 3 is 2.33 bits per heavy atom. The lowest BCUT2D eigenvalue weighted by Crippen LogP contribution is -2.48. The van der Waals surface area contributed by atoms with Gasteiger partial charge in [0.15, 0.2) is 0 Å². The van der Waals surface area contributed by atoms with Crippen LogP contribution in [-0.4, -0.2) is 19.8 Å². The number of hydrogen-bond donors (Lipinski definition) is 2. The molecule has 1 unspecified atom stereocenters. The van der Waals surface area contributed by atoms with Crippen molar-refractivity contribution in [1.29, 1.82) is 0 Å². The van der Waals surface area contributed by atoms with Crippen LogP contribution in [0.15, 0.2) is 18.2 Å². The Labute approximate surface area is 125 Å². The molecule has 2 rings (SSSR count). The van der Waals surface area contributed by atoms with Crippen LogP contribution in [0.1, 0.15) is 50.1 Å². The van der Waals surface area contributed by atoms with Crippen LogP contribution < -0.4 is 16.0 Å². The fraction of sp³-hybridized carbons (Fsp3) is 0.625. The molecule has 1 aromatic rings. The van der Waals surface area contributed by atoms with Gasteiger partial charge in [-0.1, -0.05) is 31.7 Å². The van der Waals surface area contributed by atoms with Crippen LogP contribution in [0.2, 0.25) is 0 Å². The number of benzene rings is 1. The van der Waals surface area contributed by atoms with Gasteiger partial charge in [-0.05, 0) is 18.9 Å². The maximum Gasteiger partial charge on any atom is 0.131 e. The third-order valence-corrected chi connectivity index (χ3v) is 4.57. The van der Waals surface area contributed by atoms with Crippen LogP contribution in [0.4, 0.5) is 4.39 Å². The number of nitrogens with two attached hydrogens (primary N) is 1. The normalized spacial score (nSPS) is 19.8. The van der Waals surface area contributed by atoms with Crippen LogP contribution in [0.3, 0.4) is 0 Å². The molecular formula is C16H25FN2O2. The average Bonchev–Trinajstić information content (AvgIpc) is 2.76. The molecule has 1 aliphatic carbocycles. The number of hydrogen-bond acceptors (Lipinski definition) is 4. The van der Waals surface area contributed by atoms with Crippen molar-refractivity contribution in [3.05, 3.63) is 29.6 Å². The highest BCUT2D eigenvalue weighted by Gasteiger charge is 2.40. The lowest BCUT2D eigenvalue weighted by atomic mass is 9.82. The molecule has 1 atom stereocenters. The van der Waals surface area contributed by atoms with Crippen LogP contribution in [0.5, 0.6) is 5.75 Å². The Kier molecular flexibility index (Phi) is 5.56. The first kappa shape index (κ1) is 16.2. The quantitative estimate of drug-likeness (QED) is 0.498.